The number of aliphatic hydroxyl groups is 1. The summed E-state index contributed by atoms with van der Waals surface area (Å²) in [5.41, 5.74) is 0.752. The highest BCUT2D eigenvalue weighted by atomic mass is 35.5. The molecule has 2 rings (SSSR count). The third-order valence-corrected chi connectivity index (χ3v) is 3.61. The number of halogens is 1. The van der Waals surface area contributed by atoms with Crippen LogP contribution in [-0.4, -0.2) is 29.2 Å². The minimum atomic E-state index is -0.463. The highest BCUT2D eigenvalue weighted by Crippen LogP contribution is 2.35. The summed E-state index contributed by atoms with van der Waals surface area (Å²) in [4.78, 5) is 12.2. The van der Waals surface area contributed by atoms with E-state index in [-0.39, 0.29) is 12.3 Å². The lowest BCUT2D eigenvalue weighted by Crippen LogP contribution is -2.42. The standard InChI is InChI=1S/C12H15ClN2O3/c13-11-8-10(15(17)18)4-5-12(11)14(6-7-16)9-2-1-3-9/h4-5,8-9,16H,1-3,6-7H2. The summed E-state index contributed by atoms with van der Waals surface area (Å²) in [7, 11) is 0. The first-order valence-corrected chi connectivity index (χ1v) is 6.32. The molecule has 18 heavy (non-hydrogen) atoms. The van der Waals surface area contributed by atoms with Crippen LogP contribution in [0.25, 0.3) is 0 Å². The van der Waals surface area contributed by atoms with Gasteiger partial charge in [0.1, 0.15) is 0 Å². The number of nitro benzene ring substituents is 1. The van der Waals surface area contributed by atoms with E-state index in [1.54, 1.807) is 6.07 Å². The Morgan fingerprint density at radius 3 is 2.67 bits per heavy atom. The predicted octanol–water partition coefficient (Wildman–Crippen LogP) is 2.60. The fourth-order valence-electron chi connectivity index (χ4n) is 2.15. The lowest BCUT2D eigenvalue weighted by molar-refractivity contribution is -0.384. The van der Waals surface area contributed by atoms with Crippen LogP contribution in [0, 0.1) is 10.1 Å². The molecule has 0 radical (unpaired) electrons. The molecule has 6 heteroatoms. The Bertz CT molecular complexity index is 449. The van der Waals surface area contributed by atoms with Crippen LogP contribution in [0.4, 0.5) is 11.4 Å². The lowest BCUT2D eigenvalue weighted by Gasteiger charge is -2.39. The van der Waals surface area contributed by atoms with Gasteiger partial charge in [0, 0.05) is 24.7 Å². The predicted molar refractivity (Wildman–Crippen MR) is 70.2 cm³/mol. The first-order chi connectivity index (χ1) is 8.63. The maximum Gasteiger partial charge on any atom is 0.271 e. The molecular weight excluding hydrogens is 256 g/mol. The minimum absolute atomic E-state index is 0.0127. The molecule has 1 N–H and O–H groups in total. The summed E-state index contributed by atoms with van der Waals surface area (Å²) in [6, 6.07) is 4.86. The molecule has 0 saturated heterocycles. The summed E-state index contributed by atoms with van der Waals surface area (Å²) in [5, 5.41) is 20.1. The Kier molecular flexibility index (Phi) is 4.04. The molecule has 0 bridgehead atoms. The topological polar surface area (TPSA) is 66.6 Å². The molecule has 0 heterocycles. The second-order valence-corrected chi connectivity index (χ2v) is 4.80. The van der Waals surface area contributed by atoms with Gasteiger partial charge in [-0.15, -0.1) is 0 Å². The molecule has 0 spiro atoms. The number of benzene rings is 1. The summed E-state index contributed by atoms with van der Waals surface area (Å²) >= 11 is 6.10. The monoisotopic (exact) mass is 270 g/mol. The number of nitro groups is 1. The molecule has 1 aromatic rings. The van der Waals surface area contributed by atoms with Crippen molar-refractivity contribution in [3.63, 3.8) is 0 Å². The Morgan fingerprint density at radius 1 is 1.50 bits per heavy atom. The van der Waals surface area contributed by atoms with Gasteiger partial charge >= 0.3 is 0 Å². The van der Waals surface area contributed by atoms with E-state index in [1.807, 2.05) is 4.90 Å². The fourth-order valence-corrected chi connectivity index (χ4v) is 2.43. The van der Waals surface area contributed by atoms with Crippen molar-refractivity contribution < 1.29 is 10.0 Å². The Balaban J connectivity index is 2.26. The maximum absolute atomic E-state index is 10.7. The molecule has 1 aliphatic carbocycles. The summed E-state index contributed by atoms with van der Waals surface area (Å²) in [6.45, 7) is 0.548. The van der Waals surface area contributed by atoms with Crippen LogP contribution in [0.5, 0.6) is 0 Å². The van der Waals surface area contributed by atoms with Gasteiger partial charge in [0.2, 0.25) is 0 Å². The molecule has 1 fully saturated rings. The van der Waals surface area contributed by atoms with Crippen LogP contribution in [0.2, 0.25) is 5.02 Å². The van der Waals surface area contributed by atoms with Crippen LogP contribution < -0.4 is 4.90 Å². The van der Waals surface area contributed by atoms with Gasteiger partial charge in [-0.2, -0.15) is 0 Å². The van der Waals surface area contributed by atoms with Crippen LogP contribution in [0.15, 0.2) is 18.2 Å². The van der Waals surface area contributed by atoms with Gasteiger partial charge in [0.05, 0.1) is 22.2 Å². The molecule has 0 atom stereocenters. The molecule has 0 aromatic heterocycles. The molecule has 1 aromatic carbocycles. The first kappa shape index (κ1) is 13.1. The normalized spacial score (nSPS) is 15.2. The summed E-state index contributed by atoms with van der Waals surface area (Å²) < 4.78 is 0. The number of nitrogens with zero attached hydrogens (tertiary/aromatic N) is 2. The van der Waals surface area contributed by atoms with Gasteiger partial charge in [-0.3, -0.25) is 10.1 Å². The van der Waals surface area contributed by atoms with Crippen LogP contribution >= 0.6 is 11.6 Å². The largest absolute Gasteiger partial charge is 0.395 e. The van der Waals surface area contributed by atoms with Crippen molar-refractivity contribution in [2.75, 3.05) is 18.1 Å². The van der Waals surface area contributed by atoms with E-state index >= 15 is 0 Å². The third kappa shape index (κ3) is 2.57. The van der Waals surface area contributed by atoms with E-state index in [0.717, 1.165) is 18.5 Å². The Morgan fingerprint density at radius 2 is 2.22 bits per heavy atom. The number of non-ortho nitro benzene ring substituents is 1. The van der Waals surface area contributed by atoms with E-state index in [0.29, 0.717) is 17.6 Å². The lowest BCUT2D eigenvalue weighted by atomic mass is 9.91. The number of rotatable bonds is 5. The molecule has 5 nitrogen and oxygen atoms in total. The van der Waals surface area contributed by atoms with Crippen LogP contribution in [0.1, 0.15) is 19.3 Å². The number of hydrogen-bond donors (Lipinski definition) is 1. The van der Waals surface area contributed by atoms with Gasteiger partial charge in [-0.1, -0.05) is 11.6 Å². The van der Waals surface area contributed by atoms with Crippen molar-refractivity contribution in [1.82, 2.24) is 0 Å². The zero-order chi connectivity index (χ0) is 13.1. The molecule has 1 saturated carbocycles. The van der Waals surface area contributed by atoms with Gasteiger partial charge in [-0.05, 0) is 25.3 Å². The maximum atomic E-state index is 10.7. The fraction of sp³-hybridized carbons (Fsp3) is 0.500. The molecule has 0 amide bonds. The number of hydrogen-bond acceptors (Lipinski definition) is 4. The zero-order valence-electron chi connectivity index (χ0n) is 9.88. The van der Waals surface area contributed by atoms with Crippen molar-refractivity contribution in [3.05, 3.63) is 33.3 Å². The van der Waals surface area contributed by atoms with Crippen LogP contribution in [0.3, 0.4) is 0 Å². The van der Waals surface area contributed by atoms with Crippen LogP contribution in [-0.2, 0) is 0 Å². The SMILES string of the molecule is O=[N+]([O-])c1ccc(N(CCO)C2CCC2)c(Cl)c1. The van der Waals surface area contributed by atoms with E-state index in [9.17, 15) is 10.1 Å². The van der Waals surface area contributed by atoms with Gasteiger partial charge < -0.3 is 10.0 Å². The third-order valence-electron chi connectivity index (χ3n) is 3.31. The second kappa shape index (κ2) is 5.54. The van der Waals surface area contributed by atoms with E-state index < -0.39 is 4.92 Å². The number of anilines is 1. The second-order valence-electron chi connectivity index (χ2n) is 4.39. The summed E-state index contributed by atoms with van der Waals surface area (Å²) in [6.07, 6.45) is 3.33. The quantitative estimate of drug-likeness (QED) is 0.660. The van der Waals surface area contributed by atoms with E-state index in [4.69, 9.17) is 16.7 Å². The average Bonchev–Trinajstić information content (AvgIpc) is 2.26. The van der Waals surface area contributed by atoms with Crippen molar-refractivity contribution in [2.24, 2.45) is 0 Å². The average molecular weight is 271 g/mol. The first-order valence-electron chi connectivity index (χ1n) is 5.95. The highest BCUT2D eigenvalue weighted by molar-refractivity contribution is 6.33. The molecule has 98 valence electrons. The highest BCUT2D eigenvalue weighted by Gasteiger charge is 2.26. The van der Waals surface area contributed by atoms with Gasteiger partial charge in [0.25, 0.3) is 5.69 Å². The van der Waals surface area contributed by atoms with E-state index in [1.165, 1.54) is 18.6 Å². The van der Waals surface area contributed by atoms with E-state index in [2.05, 4.69) is 0 Å². The Labute approximate surface area is 110 Å². The van der Waals surface area contributed by atoms with Crippen molar-refractivity contribution in [2.45, 2.75) is 25.3 Å². The van der Waals surface area contributed by atoms with Crippen molar-refractivity contribution >= 4 is 23.0 Å². The molecule has 0 unspecified atom stereocenters. The van der Waals surface area contributed by atoms with Gasteiger partial charge in [-0.25, -0.2) is 0 Å². The smallest absolute Gasteiger partial charge is 0.271 e. The molecular formula is C12H15ClN2O3. The van der Waals surface area contributed by atoms with Crippen molar-refractivity contribution in [3.8, 4) is 0 Å². The van der Waals surface area contributed by atoms with Crippen molar-refractivity contribution in [1.29, 1.82) is 0 Å². The summed E-state index contributed by atoms with van der Waals surface area (Å²) in [5.74, 6) is 0. The zero-order valence-corrected chi connectivity index (χ0v) is 10.6. The minimum Gasteiger partial charge on any atom is -0.395 e. The number of aliphatic hydroxyl groups excluding tert-OH is 1. The van der Waals surface area contributed by atoms with Gasteiger partial charge in [0.15, 0.2) is 0 Å². The molecule has 0 aliphatic heterocycles. The molecule has 1 aliphatic rings. The Hall–Kier alpha value is -1.33.